The second-order valence-electron chi connectivity index (χ2n) is 8.40. The van der Waals surface area contributed by atoms with E-state index in [4.69, 9.17) is 0 Å². The summed E-state index contributed by atoms with van der Waals surface area (Å²) >= 11 is 1.55. The van der Waals surface area contributed by atoms with Gasteiger partial charge in [0.1, 0.15) is 5.54 Å². The van der Waals surface area contributed by atoms with Crippen LogP contribution in [0.5, 0.6) is 0 Å². The summed E-state index contributed by atoms with van der Waals surface area (Å²) < 4.78 is 25.6. The van der Waals surface area contributed by atoms with E-state index in [0.717, 1.165) is 54.0 Å². The van der Waals surface area contributed by atoms with E-state index in [1.165, 1.54) is 4.90 Å². The summed E-state index contributed by atoms with van der Waals surface area (Å²) in [5.74, 6) is -0.700. The largest absolute Gasteiger partial charge is 0.351 e. The van der Waals surface area contributed by atoms with Crippen LogP contribution in [0.15, 0.2) is 29.2 Å². The molecule has 3 rings (SSSR count). The van der Waals surface area contributed by atoms with Gasteiger partial charge in [0.15, 0.2) is 0 Å². The number of nitrogens with zero attached hydrogens (tertiary/aromatic N) is 2. The Bertz CT molecular complexity index is 897. The number of rotatable bonds is 5. The monoisotopic (exact) mass is 453 g/mol. The molecule has 2 amide bonds. The van der Waals surface area contributed by atoms with Gasteiger partial charge in [-0.15, -0.1) is 11.8 Å². The van der Waals surface area contributed by atoms with Gasteiger partial charge in [0.05, 0.1) is 12.8 Å². The molecule has 0 aromatic heterocycles. The fourth-order valence-corrected chi connectivity index (χ4v) is 5.60. The maximum atomic E-state index is 13.5. The quantitative estimate of drug-likeness (QED) is 0.547. The lowest BCUT2D eigenvalue weighted by molar-refractivity contribution is -0.133. The van der Waals surface area contributed by atoms with Crippen molar-refractivity contribution in [3.8, 4) is 0 Å². The van der Waals surface area contributed by atoms with Gasteiger partial charge in [0.2, 0.25) is 21.8 Å². The number of nitrogens with one attached hydrogen (secondary N) is 1. The summed E-state index contributed by atoms with van der Waals surface area (Å²) in [6.07, 6.45) is 9.30. The Kier molecular flexibility index (Phi) is 7.14. The van der Waals surface area contributed by atoms with Crippen molar-refractivity contribution in [2.75, 3.05) is 30.5 Å². The molecule has 1 saturated heterocycles. The van der Waals surface area contributed by atoms with Gasteiger partial charge in [-0.25, -0.2) is 8.42 Å². The van der Waals surface area contributed by atoms with Gasteiger partial charge in [0, 0.05) is 23.2 Å². The first-order chi connectivity index (χ1) is 14.1. The van der Waals surface area contributed by atoms with Crippen LogP contribution in [0.1, 0.15) is 45.4 Å². The van der Waals surface area contributed by atoms with Gasteiger partial charge in [-0.2, -0.15) is 4.31 Å². The molecule has 2 fully saturated rings. The van der Waals surface area contributed by atoms with E-state index in [1.807, 2.05) is 24.5 Å². The molecule has 0 unspecified atom stereocenters. The van der Waals surface area contributed by atoms with Crippen LogP contribution in [0.3, 0.4) is 0 Å². The molecule has 166 valence electrons. The Morgan fingerprint density at radius 1 is 1.20 bits per heavy atom. The number of hydrogen-bond acceptors (Lipinski definition) is 5. The fourth-order valence-electron chi connectivity index (χ4n) is 4.32. The zero-order valence-corrected chi connectivity index (χ0v) is 19.5. The summed E-state index contributed by atoms with van der Waals surface area (Å²) in [5.41, 5.74) is -0.722. The van der Waals surface area contributed by atoms with Crippen molar-refractivity contribution in [3.63, 3.8) is 0 Å². The molecule has 1 N–H and O–H groups in total. The van der Waals surface area contributed by atoms with Crippen molar-refractivity contribution in [2.24, 2.45) is 0 Å². The van der Waals surface area contributed by atoms with Gasteiger partial charge < -0.3 is 5.32 Å². The maximum Gasteiger partial charge on any atom is 0.247 e. The van der Waals surface area contributed by atoms with E-state index >= 15 is 0 Å². The Hall–Kier alpha value is -1.58. The smallest absolute Gasteiger partial charge is 0.247 e. The number of carbonyl (C=O) groups excluding carboxylic acids is 2. The Morgan fingerprint density at radius 3 is 2.47 bits per heavy atom. The average molecular weight is 454 g/mol. The van der Waals surface area contributed by atoms with Crippen LogP contribution in [0, 0.1) is 0 Å². The minimum atomic E-state index is -3.62. The Balaban J connectivity index is 1.97. The number of anilines is 1. The highest BCUT2D eigenvalue weighted by Gasteiger charge is 2.50. The van der Waals surface area contributed by atoms with Crippen LogP contribution in [-0.4, -0.2) is 61.7 Å². The van der Waals surface area contributed by atoms with Crippen molar-refractivity contribution in [2.45, 2.75) is 61.9 Å². The molecule has 9 heteroatoms. The van der Waals surface area contributed by atoms with Gasteiger partial charge in [-0.1, -0.05) is 31.7 Å². The van der Waals surface area contributed by atoms with Crippen LogP contribution in [-0.2, 0) is 19.6 Å². The van der Waals surface area contributed by atoms with Gasteiger partial charge in [-0.05, 0) is 44.2 Å². The van der Waals surface area contributed by atoms with Crippen molar-refractivity contribution < 1.29 is 18.0 Å². The number of piperazine rings is 1. The van der Waals surface area contributed by atoms with Crippen molar-refractivity contribution in [3.05, 3.63) is 24.3 Å². The van der Waals surface area contributed by atoms with Crippen LogP contribution in [0.25, 0.3) is 0 Å². The minimum Gasteiger partial charge on any atom is -0.351 e. The second kappa shape index (κ2) is 9.28. The Morgan fingerprint density at radius 2 is 1.87 bits per heavy atom. The molecule has 1 aliphatic heterocycles. The molecule has 1 saturated carbocycles. The van der Waals surface area contributed by atoms with Gasteiger partial charge in [-0.3, -0.25) is 14.5 Å². The molecule has 2 aliphatic rings. The maximum absolute atomic E-state index is 13.5. The van der Waals surface area contributed by atoms with Crippen LogP contribution < -0.4 is 10.2 Å². The number of thioether (sulfide) groups is 1. The fraction of sp³-hybridized carbons (Fsp3) is 0.619. The number of benzene rings is 1. The van der Waals surface area contributed by atoms with Gasteiger partial charge >= 0.3 is 0 Å². The van der Waals surface area contributed by atoms with E-state index in [1.54, 1.807) is 24.8 Å². The van der Waals surface area contributed by atoms with E-state index in [2.05, 4.69) is 5.32 Å². The lowest BCUT2D eigenvalue weighted by Gasteiger charge is -2.47. The second-order valence-corrected chi connectivity index (χ2v) is 11.3. The van der Waals surface area contributed by atoms with Crippen molar-refractivity contribution >= 4 is 39.3 Å². The Labute approximate surface area is 183 Å². The normalized spacial score (nSPS) is 24.5. The SMILES string of the molecule is CSc1cccc(N2C(=O)CN(S(C)(=O)=O)C[C@@]2(C)C(=O)NC2CCCCCC2)c1. The average Bonchev–Trinajstić information content (AvgIpc) is 2.95. The number of carbonyl (C=O) groups is 2. The first kappa shape index (κ1) is 23.1. The standard InChI is InChI=1S/C21H31N3O4S2/c1-21(20(26)22-16-9-6-4-5-7-10-16)15-23(30(3,27)28)14-19(25)24(21)17-11-8-12-18(13-17)29-2/h8,11-13,16H,4-7,9-10,14-15H2,1-3H3,(H,22,26)/t21-/m0/s1. The third-order valence-corrected chi connectivity index (χ3v) is 7.92. The van der Waals surface area contributed by atoms with E-state index in [9.17, 15) is 18.0 Å². The summed E-state index contributed by atoms with van der Waals surface area (Å²) in [4.78, 5) is 29.1. The zero-order valence-electron chi connectivity index (χ0n) is 17.9. The predicted octanol–water partition coefficient (Wildman–Crippen LogP) is 2.61. The van der Waals surface area contributed by atoms with E-state index < -0.39 is 21.5 Å². The third kappa shape index (κ3) is 5.00. The number of amides is 2. The molecule has 1 heterocycles. The highest BCUT2D eigenvalue weighted by atomic mass is 32.2. The summed E-state index contributed by atoms with van der Waals surface area (Å²) in [6.45, 7) is 1.33. The summed E-state index contributed by atoms with van der Waals surface area (Å²) in [5, 5.41) is 3.13. The van der Waals surface area contributed by atoms with Crippen molar-refractivity contribution in [1.29, 1.82) is 0 Å². The first-order valence-electron chi connectivity index (χ1n) is 10.4. The molecule has 30 heavy (non-hydrogen) atoms. The van der Waals surface area contributed by atoms with Crippen LogP contribution in [0.4, 0.5) is 5.69 Å². The zero-order chi connectivity index (χ0) is 21.9. The molecule has 1 aliphatic carbocycles. The lowest BCUT2D eigenvalue weighted by atomic mass is 9.93. The third-order valence-electron chi connectivity index (χ3n) is 6.00. The highest BCUT2D eigenvalue weighted by Crippen LogP contribution is 2.33. The molecular weight excluding hydrogens is 422 g/mol. The van der Waals surface area contributed by atoms with Crippen molar-refractivity contribution in [1.82, 2.24) is 9.62 Å². The van der Waals surface area contributed by atoms with Gasteiger partial charge in [0.25, 0.3) is 0 Å². The van der Waals surface area contributed by atoms with Crippen LogP contribution >= 0.6 is 11.8 Å². The highest BCUT2D eigenvalue weighted by molar-refractivity contribution is 7.98. The topological polar surface area (TPSA) is 86.8 Å². The minimum absolute atomic E-state index is 0.0555. The molecular formula is C21H31N3O4S2. The lowest BCUT2D eigenvalue weighted by Crippen LogP contribution is -2.70. The number of hydrogen-bond donors (Lipinski definition) is 1. The molecule has 0 spiro atoms. The molecule has 0 radical (unpaired) electrons. The van der Waals surface area contributed by atoms with E-state index in [-0.39, 0.29) is 25.0 Å². The summed E-state index contributed by atoms with van der Waals surface area (Å²) in [7, 11) is -3.62. The predicted molar refractivity (Wildman–Crippen MR) is 120 cm³/mol. The molecule has 7 nitrogen and oxygen atoms in total. The molecule has 0 bridgehead atoms. The first-order valence-corrected chi connectivity index (χ1v) is 13.5. The summed E-state index contributed by atoms with van der Waals surface area (Å²) in [6, 6.07) is 7.51. The molecule has 1 atom stereocenters. The number of sulfonamides is 1. The molecule has 1 aromatic carbocycles. The van der Waals surface area contributed by atoms with Crippen LogP contribution in [0.2, 0.25) is 0 Å². The van der Waals surface area contributed by atoms with E-state index in [0.29, 0.717) is 5.69 Å². The molecule has 1 aromatic rings.